The number of rotatable bonds is 5. The number of nitrogens with one attached hydrogen (secondary N) is 1. The molecule has 0 saturated heterocycles. The first-order valence-electron chi connectivity index (χ1n) is 7.77. The zero-order valence-corrected chi connectivity index (χ0v) is 15.5. The average Bonchev–Trinajstić information content (AvgIpc) is 3.00. The second kappa shape index (κ2) is 7.38. The number of amides is 1. The number of allylic oxidation sites excluding steroid dienone is 2. The van der Waals surface area contributed by atoms with Crippen molar-refractivity contribution in [2.24, 2.45) is 4.40 Å². The van der Waals surface area contributed by atoms with Crippen LogP contribution in [0.15, 0.2) is 33.7 Å². The highest BCUT2D eigenvalue weighted by Gasteiger charge is 2.30. The van der Waals surface area contributed by atoms with Gasteiger partial charge in [-0.3, -0.25) is 14.9 Å². The zero-order valence-electron chi connectivity index (χ0n) is 13.8. The molecule has 0 spiro atoms. The first-order chi connectivity index (χ1) is 12.4. The van der Waals surface area contributed by atoms with Gasteiger partial charge >= 0.3 is 5.97 Å². The summed E-state index contributed by atoms with van der Waals surface area (Å²) in [5, 5.41) is 4.56. The second-order valence-electron chi connectivity index (χ2n) is 5.40. The Morgan fingerprint density at radius 1 is 1.42 bits per heavy atom. The molecular weight excluding hydrogens is 380 g/mol. The van der Waals surface area contributed by atoms with E-state index in [2.05, 4.69) is 14.7 Å². The van der Waals surface area contributed by atoms with Crippen molar-refractivity contribution in [3.8, 4) is 0 Å². The van der Waals surface area contributed by atoms with Gasteiger partial charge in [-0.1, -0.05) is 0 Å². The maximum atomic E-state index is 12.5. The van der Waals surface area contributed by atoms with Crippen molar-refractivity contribution >= 4 is 44.2 Å². The molecule has 11 heteroatoms. The molecule has 0 aliphatic carbocycles. The number of aromatic nitrogens is 1. The predicted molar refractivity (Wildman–Crippen MR) is 96.2 cm³/mol. The Balaban J connectivity index is 1.73. The SMILES string of the molecule is CCOC(=O)Cc1csc(NC(=O)C2=CC=CN3CCS(=O)(=O)N=C23)n1. The van der Waals surface area contributed by atoms with Crippen LogP contribution in [0.5, 0.6) is 0 Å². The van der Waals surface area contributed by atoms with Crippen LogP contribution in [0, 0.1) is 0 Å². The molecule has 0 radical (unpaired) electrons. The van der Waals surface area contributed by atoms with Gasteiger partial charge in [0, 0.05) is 18.1 Å². The largest absolute Gasteiger partial charge is 0.466 e. The lowest BCUT2D eigenvalue weighted by Crippen LogP contribution is -2.40. The molecule has 9 nitrogen and oxygen atoms in total. The number of nitrogens with zero attached hydrogens (tertiary/aromatic N) is 3. The summed E-state index contributed by atoms with van der Waals surface area (Å²) in [6.07, 6.45) is 4.84. The van der Waals surface area contributed by atoms with Gasteiger partial charge in [-0.05, 0) is 19.1 Å². The van der Waals surface area contributed by atoms with Gasteiger partial charge in [-0.25, -0.2) is 13.4 Å². The first-order valence-corrected chi connectivity index (χ1v) is 10.3. The summed E-state index contributed by atoms with van der Waals surface area (Å²) < 4.78 is 32.0. The Morgan fingerprint density at radius 3 is 3.00 bits per heavy atom. The molecule has 0 aromatic carbocycles. The van der Waals surface area contributed by atoms with Gasteiger partial charge in [0.05, 0.1) is 30.0 Å². The van der Waals surface area contributed by atoms with E-state index in [0.29, 0.717) is 10.8 Å². The van der Waals surface area contributed by atoms with E-state index in [0.717, 1.165) is 11.3 Å². The van der Waals surface area contributed by atoms with Gasteiger partial charge < -0.3 is 9.64 Å². The van der Waals surface area contributed by atoms with Crippen molar-refractivity contribution in [2.45, 2.75) is 13.3 Å². The minimum atomic E-state index is -3.58. The van der Waals surface area contributed by atoms with Gasteiger partial charge in [0.1, 0.15) is 0 Å². The van der Waals surface area contributed by atoms with E-state index < -0.39 is 21.9 Å². The van der Waals surface area contributed by atoms with E-state index in [9.17, 15) is 18.0 Å². The van der Waals surface area contributed by atoms with Crippen molar-refractivity contribution in [1.29, 1.82) is 0 Å². The van der Waals surface area contributed by atoms with Gasteiger partial charge in [-0.15, -0.1) is 15.7 Å². The lowest BCUT2D eigenvalue weighted by atomic mass is 10.1. The molecule has 0 unspecified atom stereocenters. The van der Waals surface area contributed by atoms with Crippen molar-refractivity contribution in [3.05, 3.63) is 35.0 Å². The van der Waals surface area contributed by atoms with Crippen molar-refractivity contribution < 1.29 is 22.7 Å². The van der Waals surface area contributed by atoms with Gasteiger partial charge in [0.2, 0.25) is 0 Å². The van der Waals surface area contributed by atoms with E-state index >= 15 is 0 Å². The molecule has 2 aliphatic heterocycles. The number of carbonyl (C=O) groups excluding carboxylic acids is 2. The summed E-state index contributed by atoms with van der Waals surface area (Å²) in [7, 11) is -3.58. The summed E-state index contributed by atoms with van der Waals surface area (Å²) in [4.78, 5) is 29.8. The molecule has 26 heavy (non-hydrogen) atoms. The maximum absolute atomic E-state index is 12.5. The van der Waals surface area contributed by atoms with Crippen LogP contribution in [-0.4, -0.2) is 54.9 Å². The highest BCUT2D eigenvalue weighted by Crippen LogP contribution is 2.21. The summed E-state index contributed by atoms with van der Waals surface area (Å²) in [6, 6.07) is 0. The molecule has 0 fully saturated rings. The number of amidine groups is 1. The molecule has 0 atom stereocenters. The Kier molecular flexibility index (Phi) is 5.18. The second-order valence-corrected chi connectivity index (χ2v) is 8.01. The summed E-state index contributed by atoms with van der Waals surface area (Å²) >= 11 is 1.16. The lowest BCUT2D eigenvalue weighted by Gasteiger charge is -2.28. The fourth-order valence-corrected chi connectivity index (χ4v) is 4.05. The molecule has 1 aromatic rings. The molecule has 1 amide bonds. The number of ether oxygens (including phenoxy) is 1. The highest BCUT2D eigenvalue weighted by atomic mass is 32.2. The minimum Gasteiger partial charge on any atom is -0.466 e. The third-order valence-electron chi connectivity index (χ3n) is 3.51. The smallest absolute Gasteiger partial charge is 0.311 e. The Labute approximate surface area is 154 Å². The number of fused-ring (bicyclic) bond motifs is 1. The quantitative estimate of drug-likeness (QED) is 0.727. The van der Waals surface area contributed by atoms with Crippen LogP contribution in [-0.2, 0) is 30.8 Å². The Bertz CT molecular complexity index is 930. The van der Waals surface area contributed by atoms with Crippen LogP contribution in [0.1, 0.15) is 12.6 Å². The van der Waals surface area contributed by atoms with Crippen LogP contribution in [0.25, 0.3) is 0 Å². The van der Waals surface area contributed by atoms with Gasteiger partial charge in [0.15, 0.2) is 11.0 Å². The molecule has 1 aromatic heterocycles. The van der Waals surface area contributed by atoms with Crippen LogP contribution >= 0.6 is 11.3 Å². The number of thiazole rings is 1. The Hall–Kier alpha value is -2.53. The molecule has 3 heterocycles. The van der Waals surface area contributed by atoms with E-state index in [1.54, 1.807) is 29.5 Å². The van der Waals surface area contributed by atoms with Crippen LogP contribution in [0.4, 0.5) is 5.13 Å². The Morgan fingerprint density at radius 2 is 2.23 bits per heavy atom. The van der Waals surface area contributed by atoms with E-state index in [1.165, 1.54) is 6.08 Å². The third kappa shape index (κ3) is 4.17. The average molecular weight is 396 g/mol. The molecule has 3 rings (SSSR count). The monoisotopic (exact) mass is 396 g/mol. The molecule has 0 saturated carbocycles. The van der Waals surface area contributed by atoms with E-state index in [4.69, 9.17) is 4.74 Å². The molecule has 0 bridgehead atoms. The van der Waals surface area contributed by atoms with Crippen LogP contribution < -0.4 is 5.32 Å². The van der Waals surface area contributed by atoms with E-state index in [-0.39, 0.29) is 36.7 Å². The van der Waals surface area contributed by atoms with Crippen molar-refractivity contribution in [1.82, 2.24) is 9.88 Å². The van der Waals surface area contributed by atoms with Gasteiger partial charge in [-0.2, -0.15) is 0 Å². The molecular formula is C15H16N4O5S2. The van der Waals surface area contributed by atoms with E-state index in [1.807, 2.05) is 0 Å². The van der Waals surface area contributed by atoms with Crippen LogP contribution in [0.3, 0.4) is 0 Å². The minimum absolute atomic E-state index is 0.0182. The maximum Gasteiger partial charge on any atom is 0.311 e. The molecule has 138 valence electrons. The number of esters is 1. The predicted octanol–water partition coefficient (Wildman–Crippen LogP) is 0.685. The van der Waals surface area contributed by atoms with Crippen molar-refractivity contribution in [2.75, 3.05) is 24.2 Å². The standard InChI is InChI=1S/C15H16N4O5S2/c1-2-24-12(20)8-10-9-25-15(16-10)17-14(21)11-4-3-5-19-6-7-26(22,23)18-13(11)19/h3-5,9H,2,6-8H2,1H3,(H,16,17,21). The summed E-state index contributed by atoms with van der Waals surface area (Å²) in [5.41, 5.74) is 0.624. The fraction of sp³-hybridized carbons (Fsp3) is 0.333. The molecule has 1 N–H and O–H groups in total. The first kappa shape index (κ1) is 18.3. The third-order valence-corrected chi connectivity index (χ3v) is 5.46. The summed E-state index contributed by atoms with van der Waals surface area (Å²) in [5.74, 6) is -0.917. The molecule has 2 aliphatic rings. The summed E-state index contributed by atoms with van der Waals surface area (Å²) in [6.45, 7) is 2.24. The van der Waals surface area contributed by atoms with Crippen molar-refractivity contribution in [3.63, 3.8) is 0 Å². The normalized spacial score (nSPS) is 17.8. The topological polar surface area (TPSA) is 118 Å². The number of hydrogen-bond acceptors (Lipinski definition) is 8. The fourth-order valence-electron chi connectivity index (χ4n) is 2.36. The lowest BCUT2D eigenvalue weighted by molar-refractivity contribution is -0.142. The van der Waals surface area contributed by atoms with Gasteiger partial charge in [0.25, 0.3) is 15.9 Å². The number of hydrogen-bond donors (Lipinski definition) is 1. The van der Waals surface area contributed by atoms with Crippen LogP contribution in [0.2, 0.25) is 0 Å². The number of sulfonamides is 1. The zero-order chi connectivity index (χ0) is 18.7. The highest BCUT2D eigenvalue weighted by molar-refractivity contribution is 7.90. The number of carbonyl (C=O) groups is 2. The number of anilines is 1.